The molecule has 0 radical (unpaired) electrons. The van der Waals surface area contributed by atoms with Crippen molar-refractivity contribution in [1.82, 2.24) is 14.9 Å². The Kier molecular flexibility index (Phi) is 6.58. The van der Waals surface area contributed by atoms with Gasteiger partial charge >= 0.3 is 0 Å². The molecule has 0 spiro atoms. The van der Waals surface area contributed by atoms with Crippen LogP contribution in [0.15, 0.2) is 52.1 Å². The maximum absolute atomic E-state index is 12.3. The van der Waals surface area contributed by atoms with E-state index in [-0.39, 0.29) is 11.7 Å². The zero-order valence-corrected chi connectivity index (χ0v) is 17.9. The van der Waals surface area contributed by atoms with E-state index in [4.69, 9.17) is 10.6 Å². The summed E-state index contributed by atoms with van der Waals surface area (Å²) in [4.78, 5) is 12.3. The molecule has 1 aromatic heterocycles. The number of thioether (sulfide) groups is 1. The van der Waals surface area contributed by atoms with Gasteiger partial charge in [-0.3, -0.25) is 4.79 Å². The second kappa shape index (κ2) is 9.11. The van der Waals surface area contributed by atoms with Gasteiger partial charge in [0.15, 0.2) is 5.82 Å². The van der Waals surface area contributed by atoms with Crippen LogP contribution in [0.2, 0.25) is 0 Å². The summed E-state index contributed by atoms with van der Waals surface area (Å²) < 4.78 is 7.86. The molecule has 0 aliphatic rings. The van der Waals surface area contributed by atoms with E-state index in [0.717, 1.165) is 27.0 Å². The van der Waals surface area contributed by atoms with Gasteiger partial charge in [-0.1, -0.05) is 39.8 Å². The molecule has 1 heterocycles. The van der Waals surface area contributed by atoms with Gasteiger partial charge in [-0.15, -0.1) is 10.2 Å². The minimum atomic E-state index is -0.140. The number of carbonyl (C=O) groups excluding carboxylic acids is 1. The summed E-state index contributed by atoms with van der Waals surface area (Å²) >= 11 is 4.63. The van der Waals surface area contributed by atoms with E-state index in [1.54, 1.807) is 0 Å². The van der Waals surface area contributed by atoms with Crippen molar-refractivity contribution in [2.24, 2.45) is 0 Å². The van der Waals surface area contributed by atoms with Crippen LogP contribution in [0.4, 0.5) is 5.69 Å². The normalized spacial score (nSPS) is 10.7. The van der Waals surface area contributed by atoms with Gasteiger partial charge < -0.3 is 15.9 Å². The van der Waals surface area contributed by atoms with E-state index >= 15 is 0 Å². The minimum absolute atomic E-state index is 0.140. The van der Waals surface area contributed by atoms with Gasteiger partial charge in [0, 0.05) is 15.7 Å². The Morgan fingerprint density at radius 1 is 1.29 bits per heavy atom. The summed E-state index contributed by atoms with van der Waals surface area (Å²) in [7, 11) is 0. The van der Waals surface area contributed by atoms with Crippen molar-refractivity contribution < 1.29 is 9.53 Å². The van der Waals surface area contributed by atoms with E-state index in [9.17, 15) is 4.79 Å². The highest BCUT2D eigenvalue weighted by atomic mass is 79.9. The topological polar surface area (TPSA) is 95.1 Å². The van der Waals surface area contributed by atoms with Crippen molar-refractivity contribution in [3.8, 4) is 17.1 Å². The molecule has 7 nitrogen and oxygen atoms in total. The second-order valence-corrected chi connectivity index (χ2v) is 7.79. The maximum atomic E-state index is 12.3. The smallest absolute Gasteiger partial charge is 0.234 e. The molecular weight excluding hydrogens is 442 g/mol. The molecule has 146 valence electrons. The van der Waals surface area contributed by atoms with Crippen LogP contribution in [0.25, 0.3) is 11.4 Å². The molecule has 0 saturated carbocycles. The summed E-state index contributed by atoms with van der Waals surface area (Å²) in [6.45, 7) is 4.44. The van der Waals surface area contributed by atoms with Crippen LogP contribution in [0.3, 0.4) is 0 Å². The van der Waals surface area contributed by atoms with Crippen molar-refractivity contribution in [3.05, 3.63) is 52.5 Å². The molecule has 0 saturated heterocycles. The molecule has 3 rings (SSSR count). The van der Waals surface area contributed by atoms with E-state index in [1.807, 2.05) is 56.3 Å². The van der Waals surface area contributed by atoms with Crippen molar-refractivity contribution >= 4 is 39.3 Å². The fraction of sp³-hybridized carbons (Fsp3) is 0.211. The third kappa shape index (κ3) is 4.85. The lowest BCUT2D eigenvalue weighted by molar-refractivity contribution is -0.113. The maximum Gasteiger partial charge on any atom is 0.234 e. The molecule has 0 atom stereocenters. The van der Waals surface area contributed by atoms with E-state index in [1.165, 1.54) is 16.4 Å². The van der Waals surface area contributed by atoms with Gasteiger partial charge in [-0.2, -0.15) is 0 Å². The number of aryl methyl sites for hydroxylation is 1. The molecule has 0 aliphatic heterocycles. The quantitative estimate of drug-likeness (QED) is 0.409. The lowest BCUT2D eigenvalue weighted by Crippen LogP contribution is -2.17. The average Bonchev–Trinajstić information content (AvgIpc) is 3.03. The number of hydrogen-bond acceptors (Lipinski definition) is 6. The Morgan fingerprint density at radius 2 is 2.11 bits per heavy atom. The number of anilines is 1. The summed E-state index contributed by atoms with van der Waals surface area (Å²) in [6, 6.07) is 13.2. The van der Waals surface area contributed by atoms with Crippen LogP contribution in [0.1, 0.15) is 12.5 Å². The van der Waals surface area contributed by atoms with Crippen molar-refractivity contribution in [2.45, 2.75) is 19.0 Å². The van der Waals surface area contributed by atoms with Gasteiger partial charge in [0.2, 0.25) is 11.1 Å². The first-order valence-corrected chi connectivity index (χ1v) is 10.4. The lowest BCUT2D eigenvalue weighted by Gasteiger charge is -2.09. The van der Waals surface area contributed by atoms with Crippen molar-refractivity contribution in [3.63, 3.8) is 0 Å². The average molecular weight is 462 g/mol. The predicted octanol–water partition coefficient (Wildman–Crippen LogP) is 3.86. The number of halogens is 1. The van der Waals surface area contributed by atoms with Crippen molar-refractivity contribution in [2.75, 3.05) is 23.5 Å². The first-order chi connectivity index (χ1) is 13.5. The molecule has 2 aromatic carbocycles. The van der Waals surface area contributed by atoms with E-state index in [2.05, 4.69) is 31.4 Å². The molecule has 9 heteroatoms. The largest absolute Gasteiger partial charge is 0.494 e. The highest BCUT2D eigenvalue weighted by Gasteiger charge is 2.15. The van der Waals surface area contributed by atoms with E-state index in [0.29, 0.717) is 17.6 Å². The summed E-state index contributed by atoms with van der Waals surface area (Å²) in [6.07, 6.45) is 0. The number of hydrogen-bond donors (Lipinski definition) is 2. The number of carbonyl (C=O) groups is 1. The molecule has 0 aliphatic carbocycles. The number of nitrogens with one attached hydrogen (secondary N) is 1. The minimum Gasteiger partial charge on any atom is -0.494 e. The zero-order valence-electron chi connectivity index (χ0n) is 15.5. The number of aromatic nitrogens is 3. The Labute approximate surface area is 175 Å². The van der Waals surface area contributed by atoms with Crippen LogP contribution < -0.4 is 15.9 Å². The Morgan fingerprint density at radius 3 is 2.86 bits per heavy atom. The number of nitrogen functional groups attached to an aromatic ring is 1. The number of nitrogens with zero attached hydrogens (tertiary/aromatic N) is 3. The van der Waals surface area contributed by atoms with Crippen LogP contribution in [0.5, 0.6) is 5.75 Å². The Balaban J connectivity index is 1.66. The van der Waals surface area contributed by atoms with Crippen LogP contribution in [-0.4, -0.2) is 33.1 Å². The Hall–Kier alpha value is -2.52. The first kappa shape index (κ1) is 20.2. The van der Waals surface area contributed by atoms with Gasteiger partial charge in [-0.25, -0.2) is 4.68 Å². The molecule has 0 fully saturated rings. The summed E-state index contributed by atoms with van der Waals surface area (Å²) in [5, 5.41) is 11.6. The van der Waals surface area contributed by atoms with Crippen LogP contribution >= 0.6 is 27.7 Å². The summed E-state index contributed by atoms with van der Waals surface area (Å²) in [5.74, 6) is 7.41. The fourth-order valence-corrected chi connectivity index (χ4v) is 3.68. The first-order valence-electron chi connectivity index (χ1n) is 8.60. The van der Waals surface area contributed by atoms with E-state index < -0.39 is 0 Å². The predicted molar refractivity (Wildman–Crippen MR) is 115 cm³/mol. The van der Waals surface area contributed by atoms with Crippen LogP contribution in [0, 0.1) is 6.92 Å². The summed E-state index contributed by atoms with van der Waals surface area (Å²) in [5.41, 5.74) is 2.55. The van der Waals surface area contributed by atoms with Gasteiger partial charge in [0.1, 0.15) is 5.75 Å². The SMILES string of the molecule is CCOc1cccc(-c2nnc(SCC(=O)Nc3ccc(Br)cc3C)n2N)c1. The fourth-order valence-electron chi connectivity index (χ4n) is 2.55. The molecule has 0 unspecified atom stereocenters. The third-order valence-corrected chi connectivity index (χ3v) is 5.30. The Bertz CT molecular complexity index is 992. The molecule has 1 amide bonds. The second-order valence-electron chi connectivity index (χ2n) is 5.93. The van der Waals surface area contributed by atoms with Crippen LogP contribution in [-0.2, 0) is 4.79 Å². The number of nitrogens with two attached hydrogens (primary N) is 1. The molecule has 3 aromatic rings. The lowest BCUT2D eigenvalue weighted by atomic mass is 10.2. The van der Waals surface area contributed by atoms with Gasteiger partial charge in [0.05, 0.1) is 12.4 Å². The van der Waals surface area contributed by atoms with Gasteiger partial charge in [0.25, 0.3) is 0 Å². The van der Waals surface area contributed by atoms with Crippen molar-refractivity contribution in [1.29, 1.82) is 0 Å². The third-order valence-electron chi connectivity index (χ3n) is 3.86. The standard InChI is InChI=1S/C19H20BrN5O2S/c1-3-27-15-6-4-5-13(10-15)18-23-24-19(25(18)21)28-11-17(26)22-16-8-7-14(20)9-12(16)2/h4-10H,3,11,21H2,1-2H3,(H,22,26). The number of benzene rings is 2. The number of rotatable bonds is 7. The number of amides is 1. The highest BCUT2D eigenvalue weighted by Crippen LogP contribution is 2.25. The molecule has 3 N–H and O–H groups in total. The highest BCUT2D eigenvalue weighted by molar-refractivity contribution is 9.10. The molecule has 0 bridgehead atoms. The van der Waals surface area contributed by atoms with Gasteiger partial charge in [-0.05, 0) is 49.7 Å². The molecule has 28 heavy (non-hydrogen) atoms. The molecular formula is C19H20BrN5O2S. The monoisotopic (exact) mass is 461 g/mol. The number of ether oxygens (including phenoxy) is 1. The zero-order chi connectivity index (χ0) is 20.1.